The summed E-state index contributed by atoms with van der Waals surface area (Å²) in [6, 6.07) is 17.6. The Morgan fingerprint density at radius 2 is 1.58 bits per heavy atom. The lowest BCUT2D eigenvalue weighted by Crippen LogP contribution is -2.32. The zero-order chi connectivity index (χ0) is 22.8. The molecule has 0 bridgehead atoms. The van der Waals surface area contributed by atoms with Crippen molar-refractivity contribution in [2.75, 3.05) is 0 Å². The standard InChI is InChI=1S/C26H28N6O/c1-3-26(33)29-23-12-13-24(14-23)32-25(16-27-30-32)21-10-8-19(9-11-21)18-4-6-20(7-5-18)22-15-28-31(2)17-22/h4-11,15-17,23-24H,3,12-14H2,1-2H3,(H,29,33)/t23-,24?/m0/s1. The number of hydrogen-bond acceptors (Lipinski definition) is 4. The minimum atomic E-state index is 0.114. The van der Waals surface area contributed by atoms with Crippen LogP contribution >= 0.6 is 0 Å². The molecule has 0 spiro atoms. The van der Waals surface area contributed by atoms with Crippen molar-refractivity contribution >= 4 is 5.91 Å². The van der Waals surface area contributed by atoms with Crippen molar-refractivity contribution in [3.05, 3.63) is 67.1 Å². The van der Waals surface area contributed by atoms with Gasteiger partial charge >= 0.3 is 0 Å². The molecule has 2 aromatic carbocycles. The highest BCUT2D eigenvalue weighted by Crippen LogP contribution is 2.34. The van der Waals surface area contributed by atoms with E-state index < -0.39 is 0 Å². The Labute approximate surface area is 193 Å². The molecule has 4 aromatic rings. The molecule has 7 heteroatoms. The molecule has 1 aliphatic rings. The van der Waals surface area contributed by atoms with Gasteiger partial charge in [-0.25, -0.2) is 4.68 Å². The highest BCUT2D eigenvalue weighted by Gasteiger charge is 2.29. The smallest absolute Gasteiger partial charge is 0.219 e. The fourth-order valence-corrected chi connectivity index (χ4v) is 4.62. The van der Waals surface area contributed by atoms with Gasteiger partial charge < -0.3 is 5.32 Å². The molecule has 2 heterocycles. The lowest BCUT2D eigenvalue weighted by molar-refractivity contribution is -0.121. The van der Waals surface area contributed by atoms with Crippen molar-refractivity contribution in [2.24, 2.45) is 7.05 Å². The molecule has 2 atom stereocenters. The molecule has 2 aromatic heterocycles. The second-order valence-electron chi connectivity index (χ2n) is 8.71. The highest BCUT2D eigenvalue weighted by atomic mass is 16.1. The van der Waals surface area contributed by atoms with E-state index in [0.29, 0.717) is 6.42 Å². The van der Waals surface area contributed by atoms with Gasteiger partial charge in [0.25, 0.3) is 0 Å². The van der Waals surface area contributed by atoms with Gasteiger partial charge in [-0.2, -0.15) is 5.10 Å². The molecule has 1 amide bonds. The van der Waals surface area contributed by atoms with Crippen molar-refractivity contribution in [1.82, 2.24) is 30.1 Å². The molecule has 0 saturated heterocycles. The summed E-state index contributed by atoms with van der Waals surface area (Å²) in [5.41, 5.74) is 6.72. The van der Waals surface area contributed by atoms with Gasteiger partial charge in [0.1, 0.15) is 0 Å². The molecule has 1 saturated carbocycles. The average molecular weight is 441 g/mol. The molecule has 33 heavy (non-hydrogen) atoms. The largest absolute Gasteiger partial charge is 0.353 e. The molecule has 1 N–H and O–H groups in total. The lowest BCUT2D eigenvalue weighted by Gasteiger charge is -2.15. The predicted octanol–water partition coefficient (Wildman–Crippen LogP) is 4.63. The van der Waals surface area contributed by atoms with Crippen LogP contribution in [0.25, 0.3) is 33.5 Å². The number of amides is 1. The first-order chi connectivity index (χ1) is 16.1. The molecule has 5 rings (SSSR count). The number of carbonyl (C=O) groups excluding carboxylic acids is 1. The Kier molecular flexibility index (Phi) is 5.77. The zero-order valence-corrected chi connectivity index (χ0v) is 19.0. The highest BCUT2D eigenvalue weighted by molar-refractivity contribution is 5.76. The summed E-state index contributed by atoms with van der Waals surface area (Å²) in [6.07, 6.45) is 9.11. The molecule has 1 fully saturated rings. The van der Waals surface area contributed by atoms with E-state index in [1.165, 1.54) is 11.1 Å². The Hall–Kier alpha value is -3.74. The maximum atomic E-state index is 11.7. The molecule has 168 valence electrons. The lowest BCUT2D eigenvalue weighted by atomic mass is 10.0. The first-order valence-electron chi connectivity index (χ1n) is 11.5. The maximum Gasteiger partial charge on any atom is 0.219 e. The molecular weight excluding hydrogens is 412 g/mol. The number of aromatic nitrogens is 5. The third-order valence-corrected chi connectivity index (χ3v) is 6.45. The van der Waals surface area contributed by atoms with E-state index >= 15 is 0 Å². The number of aryl methyl sites for hydroxylation is 1. The summed E-state index contributed by atoms with van der Waals surface area (Å²) >= 11 is 0. The van der Waals surface area contributed by atoms with Crippen LogP contribution in [-0.4, -0.2) is 36.7 Å². The van der Waals surface area contributed by atoms with E-state index in [9.17, 15) is 4.79 Å². The van der Waals surface area contributed by atoms with Crippen molar-refractivity contribution in [3.8, 4) is 33.5 Å². The maximum absolute atomic E-state index is 11.7. The first kappa shape index (κ1) is 21.1. The van der Waals surface area contributed by atoms with Gasteiger partial charge in [0.15, 0.2) is 0 Å². The fourth-order valence-electron chi connectivity index (χ4n) is 4.62. The number of nitrogens with zero attached hydrogens (tertiary/aromatic N) is 5. The summed E-state index contributed by atoms with van der Waals surface area (Å²) in [6.45, 7) is 1.88. The second kappa shape index (κ2) is 9.02. The second-order valence-corrected chi connectivity index (χ2v) is 8.71. The Balaban J connectivity index is 1.31. The molecule has 7 nitrogen and oxygen atoms in total. The van der Waals surface area contributed by atoms with Crippen LogP contribution in [0.4, 0.5) is 0 Å². The number of carbonyl (C=O) groups is 1. The Morgan fingerprint density at radius 3 is 2.18 bits per heavy atom. The van der Waals surface area contributed by atoms with Crippen LogP contribution in [-0.2, 0) is 11.8 Å². The molecule has 0 radical (unpaired) electrons. The molecule has 1 unspecified atom stereocenters. The first-order valence-corrected chi connectivity index (χ1v) is 11.5. The van der Waals surface area contributed by atoms with E-state index in [0.717, 1.165) is 41.6 Å². The quantitative estimate of drug-likeness (QED) is 0.474. The minimum absolute atomic E-state index is 0.114. The fraction of sp³-hybridized carbons (Fsp3) is 0.308. The summed E-state index contributed by atoms with van der Waals surface area (Å²) in [4.78, 5) is 11.7. The Bertz CT molecular complexity index is 1240. The zero-order valence-electron chi connectivity index (χ0n) is 19.0. The van der Waals surface area contributed by atoms with Gasteiger partial charge in [0, 0.05) is 36.8 Å². The van der Waals surface area contributed by atoms with Crippen molar-refractivity contribution < 1.29 is 4.79 Å². The third kappa shape index (κ3) is 4.44. The molecule has 1 aliphatic carbocycles. The van der Waals surface area contributed by atoms with Crippen molar-refractivity contribution in [3.63, 3.8) is 0 Å². The van der Waals surface area contributed by atoms with E-state index in [-0.39, 0.29) is 18.0 Å². The van der Waals surface area contributed by atoms with Crippen molar-refractivity contribution in [1.29, 1.82) is 0 Å². The van der Waals surface area contributed by atoms with E-state index in [1.54, 1.807) is 0 Å². The van der Waals surface area contributed by atoms with E-state index in [2.05, 4.69) is 69.3 Å². The van der Waals surface area contributed by atoms with Gasteiger partial charge in [0.05, 0.1) is 24.1 Å². The van der Waals surface area contributed by atoms with E-state index in [4.69, 9.17) is 0 Å². The number of rotatable bonds is 6. The number of hydrogen-bond donors (Lipinski definition) is 1. The van der Waals surface area contributed by atoms with E-state index in [1.807, 2.05) is 41.9 Å². The summed E-state index contributed by atoms with van der Waals surface area (Å²) in [5, 5.41) is 15.9. The van der Waals surface area contributed by atoms with Crippen molar-refractivity contribution in [2.45, 2.75) is 44.7 Å². The SMILES string of the molecule is CCC(=O)N[C@H]1CCC(n2nncc2-c2ccc(-c3ccc(-c4cnn(C)c4)cc3)cc2)C1. The number of nitrogens with one attached hydrogen (secondary N) is 1. The average Bonchev–Trinajstić information content (AvgIpc) is 3.60. The monoisotopic (exact) mass is 440 g/mol. The predicted molar refractivity (Wildman–Crippen MR) is 128 cm³/mol. The number of benzene rings is 2. The van der Waals surface area contributed by atoms with Crippen LogP contribution in [0.2, 0.25) is 0 Å². The van der Waals surface area contributed by atoms with Crippen LogP contribution < -0.4 is 5.32 Å². The van der Waals surface area contributed by atoms with Crippen LogP contribution in [0.1, 0.15) is 38.6 Å². The molecular formula is C26H28N6O. The van der Waals surface area contributed by atoms with Gasteiger partial charge in [-0.15, -0.1) is 5.10 Å². The minimum Gasteiger partial charge on any atom is -0.353 e. The van der Waals surface area contributed by atoms with Gasteiger partial charge in [-0.05, 0) is 36.0 Å². The summed E-state index contributed by atoms with van der Waals surface area (Å²) in [5.74, 6) is 0.114. The van der Waals surface area contributed by atoms with Crippen LogP contribution in [0.3, 0.4) is 0 Å². The van der Waals surface area contributed by atoms with Gasteiger partial charge in [-0.3, -0.25) is 9.48 Å². The van der Waals surface area contributed by atoms with Crippen LogP contribution in [0, 0.1) is 0 Å². The Morgan fingerprint density at radius 1 is 0.939 bits per heavy atom. The van der Waals surface area contributed by atoms with Crippen LogP contribution in [0.15, 0.2) is 67.1 Å². The van der Waals surface area contributed by atoms with Gasteiger partial charge in [0.2, 0.25) is 5.91 Å². The van der Waals surface area contributed by atoms with Gasteiger partial charge in [-0.1, -0.05) is 60.7 Å². The molecule has 0 aliphatic heterocycles. The van der Waals surface area contributed by atoms with Crippen LogP contribution in [0.5, 0.6) is 0 Å². The topological polar surface area (TPSA) is 77.6 Å². The summed E-state index contributed by atoms with van der Waals surface area (Å²) < 4.78 is 3.84. The summed E-state index contributed by atoms with van der Waals surface area (Å²) in [7, 11) is 1.93. The third-order valence-electron chi connectivity index (χ3n) is 6.45. The normalized spacial score (nSPS) is 17.9.